The van der Waals surface area contributed by atoms with E-state index in [1.54, 1.807) is 4.90 Å². The van der Waals surface area contributed by atoms with E-state index in [4.69, 9.17) is 10.5 Å². The van der Waals surface area contributed by atoms with Gasteiger partial charge >= 0.3 is 0 Å². The molecule has 2 amide bonds. The van der Waals surface area contributed by atoms with Crippen molar-refractivity contribution in [3.63, 3.8) is 0 Å². The number of nitrogens with two attached hydrogens (primary N) is 1. The molecule has 0 radical (unpaired) electrons. The lowest BCUT2D eigenvalue weighted by Gasteiger charge is -2.33. The number of rotatable bonds is 6. The van der Waals surface area contributed by atoms with Gasteiger partial charge in [0.25, 0.3) is 5.91 Å². The Morgan fingerprint density at radius 3 is 2.42 bits per heavy atom. The summed E-state index contributed by atoms with van der Waals surface area (Å²) in [4.78, 5) is 26.9. The number of hydrogen-bond acceptors (Lipinski definition) is 4. The monoisotopic (exact) mass is 333 g/mol. The third-order valence-corrected chi connectivity index (χ3v) is 4.33. The van der Waals surface area contributed by atoms with Crippen LogP contribution in [0.4, 0.5) is 0 Å². The Labute approximate surface area is 143 Å². The molecule has 6 nitrogen and oxygen atoms in total. The van der Waals surface area contributed by atoms with Crippen LogP contribution in [0.5, 0.6) is 5.75 Å². The lowest BCUT2D eigenvalue weighted by molar-refractivity contribution is -0.135. The number of benzene rings is 1. The van der Waals surface area contributed by atoms with Crippen LogP contribution in [0.25, 0.3) is 0 Å². The average molecular weight is 333 g/mol. The second-order valence-electron chi connectivity index (χ2n) is 6.59. The first kappa shape index (κ1) is 18.3. The van der Waals surface area contributed by atoms with E-state index in [2.05, 4.69) is 26.8 Å². The van der Waals surface area contributed by atoms with Crippen molar-refractivity contribution in [2.24, 2.45) is 5.73 Å². The predicted molar refractivity (Wildman–Crippen MR) is 93.0 cm³/mol. The van der Waals surface area contributed by atoms with Crippen LogP contribution >= 0.6 is 0 Å². The number of aryl methyl sites for hydroxylation is 1. The molecule has 0 saturated carbocycles. The molecule has 0 aliphatic carbocycles. The Kier molecular flexibility index (Phi) is 6.20. The molecule has 132 valence electrons. The third kappa shape index (κ3) is 4.96. The Hall–Kier alpha value is -2.08. The quantitative estimate of drug-likeness (QED) is 0.847. The summed E-state index contributed by atoms with van der Waals surface area (Å²) < 4.78 is 5.65. The highest BCUT2D eigenvalue weighted by Gasteiger charge is 2.22. The summed E-state index contributed by atoms with van der Waals surface area (Å²) in [5.41, 5.74) is 7.66. The van der Waals surface area contributed by atoms with Gasteiger partial charge in [0.2, 0.25) is 5.91 Å². The fourth-order valence-electron chi connectivity index (χ4n) is 3.00. The van der Waals surface area contributed by atoms with Gasteiger partial charge in [0.1, 0.15) is 5.75 Å². The van der Waals surface area contributed by atoms with Gasteiger partial charge in [-0.3, -0.25) is 14.5 Å². The highest BCUT2D eigenvalue weighted by Crippen LogP contribution is 2.23. The van der Waals surface area contributed by atoms with Crippen molar-refractivity contribution in [3.8, 4) is 5.75 Å². The minimum atomic E-state index is -0.335. The lowest BCUT2D eigenvalue weighted by Crippen LogP contribution is -2.51. The molecule has 0 atom stereocenters. The van der Waals surface area contributed by atoms with E-state index in [0.29, 0.717) is 32.1 Å². The number of piperazine rings is 1. The summed E-state index contributed by atoms with van der Waals surface area (Å²) in [6.07, 6.45) is 0. The van der Waals surface area contributed by atoms with Crippen LogP contribution in [0.3, 0.4) is 0 Å². The van der Waals surface area contributed by atoms with Crippen molar-refractivity contribution in [3.05, 3.63) is 29.3 Å². The van der Waals surface area contributed by atoms with Crippen LogP contribution < -0.4 is 10.5 Å². The van der Waals surface area contributed by atoms with Gasteiger partial charge in [0.15, 0.2) is 6.61 Å². The lowest BCUT2D eigenvalue weighted by atomic mass is 9.98. The van der Waals surface area contributed by atoms with E-state index < -0.39 is 0 Å². The van der Waals surface area contributed by atoms with Crippen molar-refractivity contribution in [2.75, 3.05) is 39.3 Å². The van der Waals surface area contributed by atoms with Crippen LogP contribution in [-0.2, 0) is 9.59 Å². The predicted octanol–water partition coefficient (Wildman–Crippen LogP) is 1.13. The minimum absolute atomic E-state index is 0.0284. The molecule has 1 fully saturated rings. The van der Waals surface area contributed by atoms with Gasteiger partial charge in [-0.05, 0) is 36.1 Å². The van der Waals surface area contributed by atoms with Gasteiger partial charge in [-0.15, -0.1) is 0 Å². The molecule has 1 aromatic rings. The minimum Gasteiger partial charge on any atom is -0.484 e. The maximum Gasteiger partial charge on any atom is 0.260 e. The molecule has 1 saturated heterocycles. The number of carbonyl (C=O) groups excluding carboxylic acids is 2. The molecule has 2 N–H and O–H groups in total. The van der Waals surface area contributed by atoms with Crippen molar-refractivity contribution in [2.45, 2.75) is 26.7 Å². The number of amides is 2. The zero-order valence-electron chi connectivity index (χ0n) is 14.7. The van der Waals surface area contributed by atoms with E-state index >= 15 is 0 Å². The molecule has 1 aliphatic rings. The maximum absolute atomic E-state index is 12.3. The van der Waals surface area contributed by atoms with Crippen LogP contribution in [0.1, 0.15) is 30.9 Å². The molecule has 1 aromatic carbocycles. The van der Waals surface area contributed by atoms with Crippen LogP contribution in [0, 0.1) is 6.92 Å². The molecule has 0 unspecified atom stereocenters. The van der Waals surface area contributed by atoms with Gasteiger partial charge in [-0.2, -0.15) is 0 Å². The van der Waals surface area contributed by atoms with Gasteiger partial charge in [0, 0.05) is 26.2 Å². The normalized spacial score (nSPS) is 15.6. The summed E-state index contributed by atoms with van der Waals surface area (Å²) in [5.74, 6) is 0.827. The van der Waals surface area contributed by atoms with Crippen molar-refractivity contribution >= 4 is 11.8 Å². The van der Waals surface area contributed by atoms with Gasteiger partial charge in [0.05, 0.1) is 6.54 Å². The van der Waals surface area contributed by atoms with Crippen LogP contribution in [-0.4, -0.2) is 60.9 Å². The Morgan fingerprint density at radius 1 is 1.21 bits per heavy atom. The van der Waals surface area contributed by atoms with Gasteiger partial charge in [-0.25, -0.2) is 0 Å². The number of hydrogen-bond donors (Lipinski definition) is 1. The molecule has 24 heavy (non-hydrogen) atoms. The second kappa shape index (κ2) is 8.15. The first-order chi connectivity index (χ1) is 11.4. The van der Waals surface area contributed by atoms with Crippen molar-refractivity contribution in [1.29, 1.82) is 0 Å². The molecular weight excluding hydrogens is 306 g/mol. The molecule has 2 rings (SSSR count). The van der Waals surface area contributed by atoms with Crippen molar-refractivity contribution in [1.82, 2.24) is 9.80 Å². The van der Waals surface area contributed by atoms with Crippen LogP contribution in [0.15, 0.2) is 18.2 Å². The Bertz CT molecular complexity index is 593. The van der Waals surface area contributed by atoms with E-state index in [0.717, 1.165) is 5.75 Å². The third-order valence-electron chi connectivity index (χ3n) is 4.33. The molecule has 1 heterocycles. The largest absolute Gasteiger partial charge is 0.484 e. The molecule has 1 aliphatic heterocycles. The van der Waals surface area contributed by atoms with Gasteiger partial charge in [-0.1, -0.05) is 19.9 Å². The highest BCUT2D eigenvalue weighted by molar-refractivity contribution is 5.78. The number of primary amides is 1. The number of carbonyl (C=O) groups is 2. The number of ether oxygens (including phenoxy) is 1. The SMILES string of the molecule is Cc1cc(OCC(=O)N2CCN(CC(N)=O)CC2)ccc1C(C)C. The standard InChI is InChI=1S/C18H27N3O3/c1-13(2)16-5-4-15(10-14(16)3)24-12-18(23)21-8-6-20(7-9-21)11-17(19)22/h4-5,10,13H,6-9,11-12H2,1-3H3,(H2,19,22). The zero-order chi connectivity index (χ0) is 17.7. The molecule has 0 bridgehead atoms. The zero-order valence-corrected chi connectivity index (χ0v) is 14.7. The van der Waals surface area contributed by atoms with E-state index in [1.165, 1.54) is 11.1 Å². The first-order valence-electron chi connectivity index (χ1n) is 8.38. The van der Waals surface area contributed by atoms with Crippen molar-refractivity contribution < 1.29 is 14.3 Å². The Balaban J connectivity index is 1.81. The summed E-state index contributed by atoms with van der Waals surface area (Å²) in [6.45, 7) is 9.18. The molecule has 0 spiro atoms. The average Bonchev–Trinajstić information content (AvgIpc) is 2.52. The Morgan fingerprint density at radius 2 is 1.88 bits per heavy atom. The van der Waals surface area contributed by atoms with Crippen LogP contribution in [0.2, 0.25) is 0 Å². The summed E-state index contributed by atoms with van der Waals surface area (Å²) in [5, 5.41) is 0. The summed E-state index contributed by atoms with van der Waals surface area (Å²) in [7, 11) is 0. The summed E-state index contributed by atoms with van der Waals surface area (Å²) >= 11 is 0. The fourth-order valence-corrected chi connectivity index (χ4v) is 3.00. The van der Waals surface area contributed by atoms with E-state index in [9.17, 15) is 9.59 Å². The smallest absolute Gasteiger partial charge is 0.260 e. The highest BCUT2D eigenvalue weighted by atomic mass is 16.5. The molecule has 6 heteroatoms. The first-order valence-corrected chi connectivity index (χ1v) is 8.38. The summed E-state index contributed by atoms with van der Waals surface area (Å²) in [6, 6.07) is 5.95. The molecule has 0 aromatic heterocycles. The van der Waals surface area contributed by atoms with E-state index in [1.807, 2.05) is 17.0 Å². The topological polar surface area (TPSA) is 75.9 Å². The molecular formula is C18H27N3O3. The maximum atomic E-state index is 12.3. The van der Waals surface area contributed by atoms with Gasteiger partial charge < -0.3 is 15.4 Å². The van der Waals surface area contributed by atoms with E-state index in [-0.39, 0.29) is 25.0 Å². The fraction of sp³-hybridized carbons (Fsp3) is 0.556. The number of nitrogens with zero attached hydrogens (tertiary/aromatic N) is 2. The second-order valence-corrected chi connectivity index (χ2v) is 6.59.